The van der Waals surface area contributed by atoms with E-state index in [1.165, 1.54) is 12.0 Å². The highest BCUT2D eigenvalue weighted by Crippen LogP contribution is 2.25. The van der Waals surface area contributed by atoms with Crippen LogP contribution >= 0.6 is 0 Å². The standard InChI is InChI=1S/C17H18N2O/c20-17(11-13-5-2-1-3-6-13)19-15-9-8-14-7-4-10-18-16(14)12-15/h1-3,5-6,8-9,12,18H,4,7,10-11H2,(H,19,20). The molecule has 3 heteroatoms. The number of fused-ring (bicyclic) bond motifs is 1. The summed E-state index contributed by atoms with van der Waals surface area (Å²) in [5, 5.41) is 6.34. The second-order valence-corrected chi connectivity index (χ2v) is 5.11. The average molecular weight is 266 g/mol. The van der Waals surface area contributed by atoms with E-state index in [0.29, 0.717) is 6.42 Å². The zero-order chi connectivity index (χ0) is 13.8. The van der Waals surface area contributed by atoms with Crippen molar-refractivity contribution in [3.8, 4) is 0 Å². The molecular formula is C17H18N2O. The molecule has 0 aliphatic carbocycles. The Bertz CT molecular complexity index is 608. The van der Waals surface area contributed by atoms with Crippen molar-refractivity contribution in [2.24, 2.45) is 0 Å². The fourth-order valence-corrected chi connectivity index (χ4v) is 2.53. The molecule has 1 aliphatic heterocycles. The number of hydrogen-bond acceptors (Lipinski definition) is 2. The molecule has 0 fully saturated rings. The molecule has 3 nitrogen and oxygen atoms in total. The van der Waals surface area contributed by atoms with E-state index in [2.05, 4.69) is 16.7 Å². The Morgan fingerprint density at radius 3 is 2.85 bits per heavy atom. The van der Waals surface area contributed by atoms with Crippen molar-refractivity contribution in [2.75, 3.05) is 17.2 Å². The number of carbonyl (C=O) groups excluding carboxylic acids is 1. The zero-order valence-corrected chi connectivity index (χ0v) is 11.4. The number of carbonyl (C=O) groups is 1. The summed E-state index contributed by atoms with van der Waals surface area (Å²) in [5.41, 5.74) is 4.37. The Morgan fingerprint density at radius 2 is 2.00 bits per heavy atom. The van der Waals surface area contributed by atoms with Crippen LogP contribution in [0.4, 0.5) is 11.4 Å². The largest absolute Gasteiger partial charge is 0.385 e. The third kappa shape index (κ3) is 2.99. The van der Waals surface area contributed by atoms with Gasteiger partial charge in [0.1, 0.15) is 0 Å². The molecule has 0 saturated carbocycles. The second-order valence-electron chi connectivity index (χ2n) is 5.11. The van der Waals surface area contributed by atoms with Crippen LogP contribution in [0.3, 0.4) is 0 Å². The number of anilines is 2. The van der Waals surface area contributed by atoms with Crippen LogP contribution in [-0.2, 0) is 17.6 Å². The first-order valence-corrected chi connectivity index (χ1v) is 7.02. The van der Waals surface area contributed by atoms with Gasteiger partial charge in [-0.05, 0) is 36.1 Å². The van der Waals surface area contributed by atoms with E-state index < -0.39 is 0 Å². The van der Waals surface area contributed by atoms with Crippen molar-refractivity contribution in [3.05, 3.63) is 59.7 Å². The number of aryl methyl sites for hydroxylation is 1. The van der Waals surface area contributed by atoms with E-state index in [4.69, 9.17) is 0 Å². The van der Waals surface area contributed by atoms with Gasteiger partial charge in [-0.3, -0.25) is 4.79 Å². The monoisotopic (exact) mass is 266 g/mol. The molecule has 0 aromatic heterocycles. The lowest BCUT2D eigenvalue weighted by atomic mass is 10.0. The molecule has 0 saturated heterocycles. The van der Waals surface area contributed by atoms with E-state index in [1.807, 2.05) is 42.5 Å². The fraction of sp³-hybridized carbons (Fsp3) is 0.235. The Balaban J connectivity index is 1.67. The number of rotatable bonds is 3. The highest BCUT2D eigenvalue weighted by atomic mass is 16.1. The maximum Gasteiger partial charge on any atom is 0.228 e. The van der Waals surface area contributed by atoms with Crippen LogP contribution in [0, 0.1) is 0 Å². The number of nitrogens with one attached hydrogen (secondary N) is 2. The first-order valence-electron chi connectivity index (χ1n) is 7.02. The van der Waals surface area contributed by atoms with E-state index >= 15 is 0 Å². The van der Waals surface area contributed by atoms with Gasteiger partial charge in [-0.25, -0.2) is 0 Å². The topological polar surface area (TPSA) is 41.1 Å². The maximum absolute atomic E-state index is 12.0. The highest BCUT2D eigenvalue weighted by molar-refractivity contribution is 5.92. The van der Waals surface area contributed by atoms with Crippen molar-refractivity contribution in [3.63, 3.8) is 0 Å². The molecule has 0 atom stereocenters. The smallest absolute Gasteiger partial charge is 0.228 e. The zero-order valence-electron chi connectivity index (χ0n) is 11.4. The molecule has 0 bridgehead atoms. The lowest BCUT2D eigenvalue weighted by molar-refractivity contribution is -0.115. The first-order chi connectivity index (χ1) is 9.81. The molecule has 1 amide bonds. The summed E-state index contributed by atoms with van der Waals surface area (Å²) in [7, 11) is 0. The van der Waals surface area contributed by atoms with Crippen LogP contribution < -0.4 is 10.6 Å². The predicted octanol–water partition coefficient (Wildman–Crippen LogP) is 3.23. The fourth-order valence-electron chi connectivity index (χ4n) is 2.53. The summed E-state index contributed by atoms with van der Waals surface area (Å²) in [6.45, 7) is 1.01. The van der Waals surface area contributed by atoms with Gasteiger partial charge < -0.3 is 10.6 Å². The molecule has 3 rings (SSSR count). The molecule has 0 spiro atoms. The molecule has 20 heavy (non-hydrogen) atoms. The second kappa shape index (κ2) is 5.78. The van der Waals surface area contributed by atoms with Crippen molar-refractivity contribution in [2.45, 2.75) is 19.3 Å². The first kappa shape index (κ1) is 12.7. The van der Waals surface area contributed by atoms with Gasteiger partial charge in [0.2, 0.25) is 5.91 Å². The number of amides is 1. The number of hydrogen-bond donors (Lipinski definition) is 2. The van der Waals surface area contributed by atoms with Gasteiger partial charge in [0, 0.05) is 17.9 Å². The van der Waals surface area contributed by atoms with Gasteiger partial charge in [-0.2, -0.15) is 0 Å². The summed E-state index contributed by atoms with van der Waals surface area (Å²) in [4.78, 5) is 12.0. The quantitative estimate of drug-likeness (QED) is 0.895. The minimum absolute atomic E-state index is 0.0203. The SMILES string of the molecule is O=C(Cc1ccccc1)Nc1ccc2c(c1)NCCC2. The van der Waals surface area contributed by atoms with Gasteiger partial charge in [0.15, 0.2) is 0 Å². The highest BCUT2D eigenvalue weighted by Gasteiger charge is 2.10. The summed E-state index contributed by atoms with van der Waals surface area (Å²) in [6, 6.07) is 15.9. The molecule has 102 valence electrons. The molecule has 0 radical (unpaired) electrons. The normalized spacial score (nSPS) is 13.2. The van der Waals surface area contributed by atoms with Crippen LogP contribution in [0.25, 0.3) is 0 Å². The average Bonchev–Trinajstić information content (AvgIpc) is 2.48. The van der Waals surface area contributed by atoms with Crippen LogP contribution in [0.1, 0.15) is 17.5 Å². The molecule has 2 aromatic carbocycles. The maximum atomic E-state index is 12.0. The van der Waals surface area contributed by atoms with Crippen molar-refractivity contribution < 1.29 is 4.79 Å². The van der Waals surface area contributed by atoms with Gasteiger partial charge in [0.25, 0.3) is 0 Å². The van der Waals surface area contributed by atoms with Gasteiger partial charge >= 0.3 is 0 Å². The molecule has 2 aromatic rings. The van der Waals surface area contributed by atoms with E-state index in [1.54, 1.807) is 0 Å². The molecule has 2 N–H and O–H groups in total. The van der Waals surface area contributed by atoms with E-state index in [-0.39, 0.29) is 5.91 Å². The van der Waals surface area contributed by atoms with Gasteiger partial charge in [-0.1, -0.05) is 36.4 Å². The lowest BCUT2D eigenvalue weighted by Gasteiger charge is -2.18. The summed E-state index contributed by atoms with van der Waals surface area (Å²) < 4.78 is 0. The number of benzene rings is 2. The van der Waals surface area contributed by atoms with E-state index in [0.717, 1.165) is 29.9 Å². The van der Waals surface area contributed by atoms with Crippen LogP contribution in [-0.4, -0.2) is 12.5 Å². The molecule has 1 heterocycles. The van der Waals surface area contributed by atoms with Crippen LogP contribution in [0.2, 0.25) is 0 Å². The summed E-state index contributed by atoms with van der Waals surface area (Å²) >= 11 is 0. The third-order valence-corrected chi connectivity index (χ3v) is 3.54. The van der Waals surface area contributed by atoms with E-state index in [9.17, 15) is 4.79 Å². The van der Waals surface area contributed by atoms with Gasteiger partial charge in [0.05, 0.1) is 6.42 Å². The van der Waals surface area contributed by atoms with Crippen molar-refractivity contribution in [1.29, 1.82) is 0 Å². The lowest BCUT2D eigenvalue weighted by Crippen LogP contribution is -2.16. The van der Waals surface area contributed by atoms with Crippen molar-refractivity contribution >= 4 is 17.3 Å². The third-order valence-electron chi connectivity index (χ3n) is 3.54. The molecule has 1 aliphatic rings. The molecular weight excluding hydrogens is 248 g/mol. The minimum atomic E-state index is 0.0203. The van der Waals surface area contributed by atoms with Crippen LogP contribution in [0.15, 0.2) is 48.5 Å². The van der Waals surface area contributed by atoms with Gasteiger partial charge in [-0.15, -0.1) is 0 Å². The predicted molar refractivity (Wildman–Crippen MR) is 82.0 cm³/mol. The van der Waals surface area contributed by atoms with Crippen molar-refractivity contribution in [1.82, 2.24) is 0 Å². The summed E-state index contributed by atoms with van der Waals surface area (Å²) in [5.74, 6) is 0.0203. The Kier molecular flexibility index (Phi) is 3.68. The van der Waals surface area contributed by atoms with Crippen LogP contribution in [0.5, 0.6) is 0 Å². The Morgan fingerprint density at radius 1 is 1.15 bits per heavy atom. The summed E-state index contributed by atoms with van der Waals surface area (Å²) in [6.07, 6.45) is 2.69. The molecule has 0 unspecified atom stereocenters. The Labute approximate surface area is 119 Å². The Hall–Kier alpha value is -2.29. The minimum Gasteiger partial charge on any atom is -0.385 e.